The lowest BCUT2D eigenvalue weighted by Gasteiger charge is -2.13. The Hall–Kier alpha value is -2.01. The first-order valence-corrected chi connectivity index (χ1v) is 8.17. The highest BCUT2D eigenvalue weighted by molar-refractivity contribution is 14.1. The predicted molar refractivity (Wildman–Crippen MR) is 96.7 cm³/mol. The number of alkyl halides is 3. The molecule has 0 saturated heterocycles. The molecule has 0 aromatic heterocycles. The Morgan fingerprint density at radius 2 is 1.85 bits per heavy atom. The molecule has 0 spiro atoms. The maximum absolute atomic E-state index is 12.7. The lowest BCUT2D eigenvalue weighted by atomic mass is 10.1. The number of benzene rings is 2. The first kappa shape index (κ1) is 20.3. The molecule has 2 rings (SSSR count). The number of nitrogens with one attached hydrogen (secondary N) is 1. The van der Waals surface area contributed by atoms with Crippen LogP contribution in [0.5, 0.6) is 11.5 Å². The van der Waals surface area contributed by atoms with Crippen molar-refractivity contribution in [2.75, 3.05) is 5.32 Å². The molecule has 0 heterocycles. The quantitative estimate of drug-likeness (QED) is 0.555. The van der Waals surface area contributed by atoms with Crippen LogP contribution in [0.2, 0.25) is 5.02 Å². The van der Waals surface area contributed by atoms with Gasteiger partial charge in [-0.05, 0) is 36.4 Å². The number of hydrogen-bond donors (Lipinski definition) is 1. The summed E-state index contributed by atoms with van der Waals surface area (Å²) in [5.74, 6) is -1.04. The molecular weight excluding hydrogens is 490 g/mol. The van der Waals surface area contributed by atoms with Gasteiger partial charge in [0.1, 0.15) is 11.5 Å². The third kappa shape index (κ3) is 5.01. The topological polar surface area (TPSA) is 64.6 Å². The van der Waals surface area contributed by atoms with E-state index in [1.54, 1.807) is 0 Å². The van der Waals surface area contributed by atoms with Gasteiger partial charge in [0.15, 0.2) is 23.0 Å². The van der Waals surface area contributed by atoms with Gasteiger partial charge in [-0.3, -0.25) is 4.79 Å². The molecule has 0 bridgehead atoms. The van der Waals surface area contributed by atoms with E-state index >= 15 is 0 Å². The van der Waals surface area contributed by atoms with Crippen LogP contribution < -0.4 is 10.1 Å². The van der Waals surface area contributed by atoms with Crippen molar-refractivity contribution in [3.8, 4) is 11.5 Å². The minimum absolute atomic E-state index is 0.00938. The maximum atomic E-state index is 12.7. The molecule has 0 aliphatic carbocycles. The van der Waals surface area contributed by atoms with E-state index < -0.39 is 23.6 Å². The van der Waals surface area contributed by atoms with E-state index in [4.69, 9.17) is 16.3 Å². The van der Waals surface area contributed by atoms with Gasteiger partial charge in [-0.2, -0.15) is 13.2 Å². The van der Waals surface area contributed by atoms with Crippen molar-refractivity contribution in [2.45, 2.75) is 13.1 Å². The van der Waals surface area contributed by atoms with Crippen LogP contribution >= 0.6 is 34.6 Å². The zero-order valence-electron chi connectivity index (χ0n) is 13.0. The zero-order valence-corrected chi connectivity index (χ0v) is 15.9. The fourth-order valence-electron chi connectivity index (χ4n) is 1.98. The molecule has 26 heavy (non-hydrogen) atoms. The summed E-state index contributed by atoms with van der Waals surface area (Å²) in [4.78, 5) is 23.1. The number of carbonyl (C=O) groups is 2. The number of halogens is 5. The van der Waals surface area contributed by atoms with Gasteiger partial charge in [-0.25, -0.2) is 4.79 Å². The van der Waals surface area contributed by atoms with Crippen LogP contribution in [0.4, 0.5) is 18.9 Å². The Labute approximate surface area is 165 Å². The van der Waals surface area contributed by atoms with E-state index in [1.165, 1.54) is 48.1 Å². The lowest BCUT2D eigenvalue weighted by molar-refractivity contribution is -0.137. The molecule has 2 aromatic rings. The molecule has 0 unspecified atom stereocenters. The molecule has 0 atom stereocenters. The summed E-state index contributed by atoms with van der Waals surface area (Å²) in [5.41, 5.74) is -0.704. The summed E-state index contributed by atoms with van der Waals surface area (Å²) in [5, 5.41) is 2.22. The minimum atomic E-state index is -4.53. The van der Waals surface area contributed by atoms with Gasteiger partial charge in [0, 0.05) is 6.92 Å². The number of amides is 1. The van der Waals surface area contributed by atoms with Crippen LogP contribution in [0, 0.1) is 0 Å². The van der Waals surface area contributed by atoms with Crippen molar-refractivity contribution in [2.24, 2.45) is 0 Å². The van der Waals surface area contributed by atoms with Crippen LogP contribution in [0.3, 0.4) is 0 Å². The molecule has 1 N–H and O–H groups in total. The van der Waals surface area contributed by atoms with Crippen molar-refractivity contribution < 1.29 is 30.6 Å². The van der Waals surface area contributed by atoms with E-state index in [-0.39, 0.29) is 27.8 Å². The molecule has 10 heteroatoms. The molecule has 0 aliphatic rings. The van der Waals surface area contributed by atoms with Crippen LogP contribution in [-0.2, 0) is 14.0 Å². The lowest BCUT2D eigenvalue weighted by Crippen LogP contribution is -2.11. The average Bonchev–Trinajstić information content (AvgIpc) is 2.55. The summed E-state index contributed by atoms with van der Waals surface area (Å²) >= 11 is 7.23. The molecule has 0 saturated carbocycles. The molecule has 0 aliphatic heterocycles. The first-order valence-electron chi connectivity index (χ1n) is 6.91. The van der Waals surface area contributed by atoms with Crippen LogP contribution in [0.25, 0.3) is 0 Å². The average molecular weight is 500 g/mol. The van der Waals surface area contributed by atoms with Crippen LogP contribution in [0.15, 0.2) is 36.4 Å². The maximum Gasteiger partial charge on any atom is 0.416 e. The van der Waals surface area contributed by atoms with Crippen LogP contribution in [0.1, 0.15) is 22.8 Å². The third-order valence-corrected chi connectivity index (χ3v) is 3.77. The standard InChI is InChI=1S/C16H10ClF3INO4/c1-8(23)22-13-4-3-10(7-11(13)15(24)26-21)25-14-5-2-9(6-12(14)17)16(18,19)20/h2-7H,1H3,(H,22,23). The molecule has 138 valence electrons. The van der Waals surface area contributed by atoms with Gasteiger partial charge in [-0.15, -0.1) is 0 Å². The number of hydrogen-bond acceptors (Lipinski definition) is 4. The second-order valence-electron chi connectivity index (χ2n) is 5.00. The molecule has 2 aromatic carbocycles. The Morgan fingerprint density at radius 1 is 1.15 bits per heavy atom. The highest BCUT2D eigenvalue weighted by atomic mass is 127. The Bertz CT molecular complexity index is 858. The predicted octanol–water partition coefficient (Wildman–Crippen LogP) is 5.62. The van der Waals surface area contributed by atoms with Gasteiger partial charge in [0.2, 0.25) is 5.91 Å². The fourth-order valence-corrected chi connectivity index (χ4v) is 2.44. The highest BCUT2D eigenvalue weighted by Gasteiger charge is 2.31. The summed E-state index contributed by atoms with van der Waals surface area (Å²) in [6.07, 6.45) is -4.53. The zero-order chi connectivity index (χ0) is 19.5. The van der Waals surface area contributed by atoms with E-state index in [9.17, 15) is 22.8 Å². The number of ether oxygens (including phenoxy) is 1. The normalized spacial score (nSPS) is 11.0. The van der Waals surface area contributed by atoms with Crippen molar-refractivity contribution in [1.82, 2.24) is 0 Å². The fraction of sp³-hybridized carbons (Fsp3) is 0.125. The van der Waals surface area contributed by atoms with Gasteiger partial charge < -0.3 is 13.1 Å². The van der Waals surface area contributed by atoms with E-state index in [0.29, 0.717) is 0 Å². The van der Waals surface area contributed by atoms with Crippen LogP contribution in [-0.4, -0.2) is 11.9 Å². The van der Waals surface area contributed by atoms with Gasteiger partial charge in [0.05, 0.1) is 21.8 Å². The van der Waals surface area contributed by atoms with Crippen molar-refractivity contribution in [1.29, 1.82) is 0 Å². The molecular formula is C16H10ClF3INO4. The van der Waals surface area contributed by atoms with Gasteiger partial charge in [0.25, 0.3) is 0 Å². The monoisotopic (exact) mass is 499 g/mol. The van der Waals surface area contributed by atoms with Gasteiger partial charge >= 0.3 is 12.1 Å². The van der Waals surface area contributed by atoms with Crippen molar-refractivity contribution in [3.63, 3.8) is 0 Å². The summed E-state index contributed by atoms with van der Waals surface area (Å²) in [6, 6.07) is 6.74. The number of carbonyl (C=O) groups excluding carboxylic acids is 2. The van der Waals surface area contributed by atoms with E-state index in [2.05, 4.69) is 8.38 Å². The Morgan fingerprint density at radius 3 is 2.38 bits per heavy atom. The molecule has 5 nitrogen and oxygen atoms in total. The molecule has 0 radical (unpaired) electrons. The third-order valence-electron chi connectivity index (χ3n) is 3.08. The number of anilines is 1. The van der Waals surface area contributed by atoms with E-state index in [1.807, 2.05) is 0 Å². The summed E-state index contributed by atoms with van der Waals surface area (Å²) in [6.45, 7) is 1.27. The van der Waals surface area contributed by atoms with Crippen molar-refractivity contribution in [3.05, 3.63) is 52.5 Å². The van der Waals surface area contributed by atoms with Gasteiger partial charge in [-0.1, -0.05) is 11.6 Å². The summed E-state index contributed by atoms with van der Waals surface area (Å²) in [7, 11) is 0. The second kappa shape index (κ2) is 8.12. The first-order chi connectivity index (χ1) is 12.1. The smallest absolute Gasteiger partial charge is 0.416 e. The SMILES string of the molecule is CC(=O)Nc1ccc(Oc2ccc(C(F)(F)F)cc2Cl)cc1C(=O)OI. The molecule has 1 amide bonds. The molecule has 0 fully saturated rings. The van der Waals surface area contributed by atoms with Crippen molar-refractivity contribution >= 4 is 52.2 Å². The number of rotatable bonds is 4. The van der Waals surface area contributed by atoms with E-state index in [0.717, 1.165) is 18.2 Å². The Kier molecular flexibility index (Phi) is 6.34. The minimum Gasteiger partial charge on any atom is -0.456 e. The highest BCUT2D eigenvalue weighted by Crippen LogP contribution is 2.37. The Balaban J connectivity index is 2.35. The second-order valence-corrected chi connectivity index (χ2v) is 5.85. The summed E-state index contributed by atoms with van der Waals surface area (Å²) < 4.78 is 48.1. The largest absolute Gasteiger partial charge is 0.456 e.